The Bertz CT molecular complexity index is 660. The van der Waals surface area contributed by atoms with Gasteiger partial charge in [0.15, 0.2) is 0 Å². The van der Waals surface area contributed by atoms with Crippen LogP contribution in [0.5, 0.6) is 0 Å². The molecule has 0 radical (unpaired) electrons. The number of carbonyl (C=O) groups is 1. The number of pyridine rings is 1. The molecule has 0 fully saturated rings. The van der Waals surface area contributed by atoms with Crippen LogP contribution in [0.15, 0.2) is 24.3 Å². The van der Waals surface area contributed by atoms with E-state index < -0.39 is 11.7 Å². The standard InChI is InChI=1S/C15H16FN3O/c1-8-4-5-14(10(3)18-8)19-15(20)11-6-12(16)9(2)13(17)7-11/h4-7H,17H2,1-3H3,(H,19,20). The normalized spacial score (nSPS) is 10.4. The molecule has 2 aromatic rings. The van der Waals surface area contributed by atoms with Crippen molar-refractivity contribution < 1.29 is 9.18 Å². The van der Waals surface area contributed by atoms with Crippen molar-refractivity contribution in [3.8, 4) is 0 Å². The lowest BCUT2D eigenvalue weighted by Crippen LogP contribution is -2.14. The third-order valence-corrected chi connectivity index (χ3v) is 3.12. The molecule has 0 unspecified atom stereocenters. The summed E-state index contributed by atoms with van der Waals surface area (Å²) in [6.07, 6.45) is 0. The third-order valence-electron chi connectivity index (χ3n) is 3.12. The summed E-state index contributed by atoms with van der Waals surface area (Å²) >= 11 is 0. The largest absolute Gasteiger partial charge is 0.398 e. The minimum absolute atomic E-state index is 0.186. The second-order valence-electron chi connectivity index (χ2n) is 4.71. The number of nitrogen functional groups attached to an aromatic ring is 1. The first-order valence-electron chi connectivity index (χ1n) is 6.19. The van der Waals surface area contributed by atoms with Crippen LogP contribution in [0.3, 0.4) is 0 Å². The molecule has 0 bridgehead atoms. The van der Waals surface area contributed by atoms with Gasteiger partial charge in [-0.2, -0.15) is 0 Å². The van der Waals surface area contributed by atoms with E-state index in [-0.39, 0.29) is 11.3 Å². The number of nitrogens with zero attached hydrogens (tertiary/aromatic N) is 1. The Hall–Kier alpha value is -2.43. The second kappa shape index (κ2) is 5.28. The van der Waals surface area contributed by atoms with E-state index in [0.717, 1.165) is 5.69 Å². The zero-order valence-corrected chi connectivity index (χ0v) is 11.6. The molecule has 0 atom stereocenters. The summed E-state index contributed by atoms with van der Waals surface area (Å²) in [6, 6.07) is 6.21. The molecule has 0 saturated carbocycles. The predicted molar refractivity (Wildman–Crippen MR) is 77.2 cm³/mol. The molecular formula is C15H16FN3O. The van der Waals surface area contributed by atoms with Crippen LogP contribution in [0.1, 0.15) is 27.3 Å². The monoisotopic (exact) mass is 273 g/mol. The number of hydrogen-bond acceptors (Lipinski definition) is 3. The summed E-state index contributed by atoms with van der Waals surface area (Å²) in [5, 5.41) is 2.70. The molecule has 0 spiro atoms. The van der Waals surface area contributed by atoms with Crippen molar-refractivity contribution >= 4 is 17.3 Å². The van der Waals surface area contributed by atoms with Crippen LogP contribution in [-0.2, 0) is 0 Å². The number of nitrogens with two attached hydrogens (primary N) is 1. The maximum Gasteiger partial charge on any atom is 0.255 e. The fraction of sp³-hybridized carbons (Fsp3) is 0.200. The van der Waals surface area contributed by atoms with E-state index in [0.29, 0.717) is 16.9 Å². The maximum atomic E-state index is 13.6. The Morgan fingerprint density at radius 1 is 1.25 bits per heavy atom. The molecule has 1 aromatic carbocycles. The van der Waals surface area contributed by atoms with E-state index >= 15 is 0 Å². The van der Waals surface area contributed by atoms with Crippen molar-refractivity contribution in [2.75, 3.05) is 11.1 Å². The number of hydrogen-bond donors (Lipinski definition) is 2. The molecular weight excluding hydrogens is 257 g/mol. The zero-order valence-electron chi connectivity index (χ0n) is 11.6. The van der Waals surface area contributed by atoms with Crippen molar-refractivity contribution in [2.24, 2.45) is 0 Å². The number of anilines is 2. The molecule has 1 aromatic heterocycles. The summed E-state index contributed by atoms with van der Waals surface area (Å²) in [5.41, 5.74) is 8.63. The fourth-order valence-corrected chi connectivity index (χ4v) is 1.84. The Morgan fingerprint density at radius 2 is 1.95 bits per heavy atom. The molecule has 3 N–H and O–H groups in total. The molecule has 5 heteroatoms. The summed E-state index contributed by atoms with van der Waals surface area (Å²) in [4.78, 5) is 16.4. The highest BCUT2D eigenvalue weighted by atomic mass is 19.1. The van der Waals surface area contributed by atoms with Crippen LogP contribution in [-0.4, -0.2) is 10.9 Å². The molecule has 1 amide bonds. The van der Waals surface area contributed by atoms with Gasteiger partial charge in [0.1, 0.15) is 5.82 Å². The first-order valence-corrected chi connectivity index (χ1v) is 6.19. The Labute approximate surface area is 116 Å². The quantitative estimate of drug-likeness (QED) is 0.826. The molecule has 104 valence electrons. The summed E-state index contributed by atoms with van der Waals surface area (Å²) in [5.74, 6) is -0.904. The number of nitrogens with one attached hydrogen (secondary N) is 1. The lowest BCUT2D eigenvalue weighted by Gasteiger charge is -2.10. The van der Waals surface area contributed by atoms with Crippen LogP contribution in [0, 0.1) is 26.6 Å². The van der Waals surface area contributed by atoms with Gasteiger partial charge in [0, 0.05) is 22.5 Å². The second-order valence-corrected chi connectivity index (χ2v) is 4.71. The minimum Gasteiger partial charge on any atom is -0.398 e. The molecule has 0 aliphatic carbocycles. The summed E-state index contributed by atoms with van der Waals surface area (Å²) < 4.78 is 13.6. The van der Waals surface area contributed by atoms with Gasteiger partial charge in [-0.05, 0) is 45.0 Å². The van der Waals surface area contributed by atoms with Gasteiger partial charge in [0.25, 0.3) is 5.91 Å². The van der Waals surface area contributed by atoms with Gasteiger partial charge in [-0.15, -0.1) is 0 Å². The molecule has 0 aliphatic rings. The van der Waals surface area contributed by atoms with Crippen molar-refractivity contribution in [3.63, 3.8) is 0 Å². The van der Waals surface area contributed by atoms with Gasteiger partial charge in [-0.3, -0.25) is 9.78 Å². The topological polar surface area (TPSA) is 68.0 Å². The highest BCUT2D eigenvalue weighted by molar-refractivity contribution is 6.05. The van der Waals surface area contributed by atoms with Gasteiger partial charge in [0.2, 0.25) is 0 Å². The fourth-order valence-electron chi connectivity index (χ4n) is 1.84. The molecule has 4 nitrogen and oxygen atoms in total. The average molecular weight is 273 g/mol. The number of aryl methyl sites for hydroxylation is 2. The maximum absolute atomic E-state index is 13.6. The van der Waals surface area contributed by atoms with Crippen molar-refractivity contribution in [1.29, 1.82) is 0 Å². The Kier molecular flexibility index (Phi) is 3.70. The highest BCUT2D eigenvalue weighted by Crippen LogP contribution is 2.19. The smallest absolute Gasteiger partial charge is 0.255 e. The van der Waals surface area contributed by atoms with E-state index in [1.807, 2.05) is 6.92 Å². The number of amides is 1. The van der Waals surface area contributed by atoms with Crippen LogP contribution in [0.25, 0.3) is 0 Å². The predicted octanol–water partition coefficient (Wildman–Crippen LogP) is 2.98. The summed E-state index contributed by atoms with van der Waals surface area (Å²) in [6.45, 7) is 5.24. The Morgan fingerprint density at radius 3 is 2.55 bits per heavy atom. The Balaban J connectivity index is 2.28. The number of halogens is 1. The SMILES string of the molecule is Cc1ccc(NC(=O)c2cc(N)c(C)c(F)c2)c(C)n1. The average Bonchev–Trinajstić information content (AvgIpc) is 2.38. The van der Waals surface area contributed by atoms with Crippen LogP contribution in [0.2, 0.25) is 0 Å². The molecule has 1 heterocycles. The molecule has 0 aliphatic heterocycles. The van der Waals surface area contributed by atoms with E-state index in [1.165, 1.54) is 12.1 Å². The first-order chi connectivity index (χ1) is 9.38. The van der Waals surface area contributed by atoms with Gasteiger partial charge in [-0.25, -0.2) is 4.39 Å². The molecule has 0 saturated heterocycles. The number of benzene rings is 1. The number of aromatic nitrogens is 1. The van der Waals surface area contributed by atoms with E-state index in [1.54, 1.807) is 26.0 Å². The van der Waals surface area contributed by atoms with Crippen LogP contribution < -0.4 is 11.1 Å². The van der Waals surface area contributed by atoms with Gasteiger partial charge < -0.3 is 11.1 Å². The first kappa shape index (κ1) is 14.0. The lowest BCUT2D eigenvalue weighted by molar-refractivity contribution is 0.102. The van der Waals surface area contributed by atoms with E-state index in [4.69, 9.17) is 5.73 Å². The van der Waals surface area contributed by atoms with Gasteiger partial charge in [0.05, 0.1) is 11.4 Å². The van der Waals surface area contributed by atoms with E-state index in [9.17, 15) is 9.18 Å². The number of rotatable bonds is 2. The zero-order chi connectivity index (χ0) is 14.9. The highest BCUT2D eigenvalue weighted by Gasteiger charge is 2.12. The minimum atomic E-state index is -0.492. The summed E-state index contributed by atoms with van der Waals surface area (Å²) in [7, 11) is 0. The van der Waals surface area contributed by atoms with Crippen molar-refractivity contribution in [1.82, 2.24) is 4.98 Å². The lowest BCUT2D eigenvalue weighted by atomic mass is 10.1. The third kappa shape index (κ3) is 2.77. The number of carbonyl (C=O) groups excluding carboxylic acids is 1. The van der Waals surface area contributed by atoms with Crippen molar-refractivity contribution in [3.05, 3.63) is 52.6 Å². The van der Waals surface area contributed by atoms with E-state index in [2.05, 4.69) is 10.3 Å². The van der Waals surface area contributed by atoms with Gasteiger partial charge >= 0.3 is 0 Å². The van der Waals surface area contributed by atoms with Crippen LogP contribution in [0.4, 0.5) is 15.8 Å². The molecule has 2 rings (SSSR count). The van der Waals surface area contributed by atoms with Crippen LogP contribution >= 0.6 is 0 Å². The molecule has 20 heavy (non-hydrogen) atoms. The van der Waals surface area contributed by atoms with Crippen molar-refractivity contribution in [2.45, 2.75) is 20.8 Å². The van der Waals surface area contributed by atoms with Gasteiger partial charge in [-0.1, -0.05) is 0 Å².